The molecule has 0 spiro atoms. The number of nitrogens with zero attached hydrogens (tertiary/aromatic N) is 4. The minimum atomic E-state index is -0.194. The Hall–Kier alpha value is -3.38. The first-order valence-corrected chi connectivity index (χ1v) is 12.1. The van der Waals surface area contributed by atoms with Crippen molar-refractivity contribution in [2.24, 2.45) is 0 Å². The van der Waals surface area contributed by atoms with Crippen LogP contribution in [0.15, 0.2) is 60.7 Å². The third-order valence-electron chi connectivity index (χ3n) is 7.09. The van der Waals surface area contributed by atoms with Crippen LogP contribution in [0.3, 0.4) is 0 Å². The van der Waals surface area contributed by atoms with Crippen LogP contribution in [-0.2, 0) is 4.79 Å². The van der Waals surface area contributed by atoms with Crippen LogP contribution in [0.5, 0.6) is 5.75 Å². The average Bonchev–Trinajstić information content (AvgIpc) is 3.34. The fourth-order valence-electron chi connectivity index (χ4n) is 5.08. The van der Waals surface area contributed by atoms with E-state index in [2.05, 4.69) is 42.0 Å². The monoisotopic (exact) mass is 456 g/mol. The van der Waals surface area contributed by atoms with Crippen LogP contribution in [0.2, 0.25) is 0 Å². The van der Waals surface area contributed by atoms with Gasteiger partial charge in [-0.3, -0.25) is 4.79 Å². The lowest BCUT2D eigenvalue weighted by atomic mass is 9.98. The molecule has 34 heavy (non-hydrogen) atoms. The molecular formula is C28H32N4O2. The fourth-order valence-corrected chi connectivity index (χ4v) is 5.08. The Morgan fingerprint density at radius 3 is 2.38 bits per heavy atom. The van der Waals surface area contributed by atoms with Crippen LogP contribution in [0.4, 0.5) is 5.82 Å². The number of pyridine rings is 1. The van der Waals surface area contributed by atoms with E-state index in [1.54, 1.807) is 6.07 Å². The minimum Gasteiger partial charge on any atom is -0.507 e. The molecule has 2 aromatic carbocycles. The van der Waals surface area contributed by atoms with Gasteiger partial charge in [0.25, 0.3) is 0 Å². The van der Waals surface area contributed by atoms with Gasteiger partial charge in [0.1, 0.15) is 17.6 Å². The smallest absolute Gasteiger partial charge is 0.245 e. The number of aromatic nitrogens is 1. The number of phenolic OH excluding ortho intramolecular Hbond substituents is 1. The summed E-state index contributed by atoms with van der Waals surface area (Å²) in [5, 5.41) is 10.5. The Morgan fingerprint density at radius 2 is 1.65 bits per heavy atom. The summed E-state index contributed by atoms with van der Waals surface area (Å²) in [6.07, 6.45) is 1.81. The van der Waals surface area contributed by atoms with E-state index in [1.165, 1.54) is 5.56 Å². The van der Waals surface area contributed by atoms with Crippen molar-refractivity contribution in [3.63, 3.8) is 0 Å². The van der Waals surface area contributed by atoms with Gasteiger partial charge in [-0.2, -0.15) is 0 Å². The van der Waals surface area contributed by atoms with E-state index in [9.17, 15) is 9.90 Å². The van der Waals surface area contributed by atoms with Gasteiger partial charge in [-0.05, 0) is 67.8 Å². The number of amides is 1. The molecule has 2 aliphatic heterocycles. The molecule has 1 N–H and O–H groups in total. The summed E-state index contributed by atoms with van der Waals surface area (Å²) in [6, 6.07) is 19.5. The van der Waals surface area contributed by atoms with Crippen LogP contribution < -0.4 is 4.90 Å². The Kier molecular flexibility index (Phi) is 6.24. The van der Waals surface area contributed by atoms with Gasteiger partial charge >= 0.3 is 0 Å². The van der Waals surface area contributed by atoms with Crippen molar-refractivity contribution in [1.82, 2.24) is 14.8 Å². The van der Waals surface area contributed by atoms with Crippen LogP contribution in [0.1, 0.15) is 18.4 Å². The Balaban J connectivity index is 1.55. The SMILES string of the molecule is Cc1ccccc1-c1cc(-c2ccccc2O)nc(N2CCC[C@H]2C(=O)N2CCN(C)CC2)c1. The number of anilines is 1. The number of phenols is 1. The molecule has 1 atom stereocenters. The van der Waals surface area contributed by atoms with Crippen molar-refractivity contribution in [3.8, 4) is 28.1 Å². The number of carbonyl (C=O) groups is 1. The number of carbonyl (C=O) groups excluding carboxylic acids is 1. The topological polar surface area (TPSA) is 59.9 Å². The second-order valence-corrected chi connectivity index (χ2v) is 9.41. The van der Waals surface area contributed by atoms with E-state index in [0.717, 1.165) is 62.5 Å². The Bertz CT molecular complexity index is 1120. The van der Waals surface area contributed by atoms with Gasteiger partial charge < -0.3 is 19.8 Å². The number of piperazine rings is 1. The van der Waals surface area contributed by atoms with Crippen molar-refractivity contribution >= 4 is 11.7 Å². The van der Waals surface area contributed by atoms with Gasteiger partial charge in [0.15, 0.2) is 0 Å². The summed E-state index contributed by atoms with van der Waals surface area (Å²) in [5.74, 6) is 1.20. The van der Waals surface area contributed by atoms with E-state index >= 15 is 0 Å². The van der Waals surface area contributed by atoms with E-state index in [1.807, 2.05) is 41.3 Å². The maximum absolute atomic E-state index is 13.5. The fraction of sp³-hybridized carbons (Fsp3) is 0.357. The van der Waals surface area contributed by atoms with Crippen LogP contribution >= 0.6 is 0 Å². The molecule has 0 unspecified atom stereocenters. The maximum Gasteiger partial charge on any atom is 0.245 e. The van der Waals surface area contributed by atoms with Gasteiger partial charge in [-0.1, -0.05) is 36.4 Å². The number of benzene rings is 2. The van der Waals surface area contributed by atoms with Gasteiger partial charge in [0, 0.05) is 38.3 Å². The van der Waals surface area contributed by atoms with Crippen LogP contribution in [0, 0.1) is 6.92 Å². The maximum atomic E-state index is 13.5. The molecule has 1 aromatic heterocycles. The summed E-state index contributed by atoms with van der Waals surface area (Å²) in [7, 11) is 2.10. The molecule has 1 amide bonds. The molecule has 0 bridgehead atoms. The van der Waals surface area contributed by atoms with Crippen molar-refractivity contribution in [2.45, 2.75) is 25.8 Å². The minimum absolute atomic E-state index is 0.194. The van der Waals surface area contributed by atoms with Crippen LogP contribution in [0.25, 0.3) is 22.4 Å². The summed E-state index contributed by atoms with van der Waals surface area (Å²) >= 11 is 0. The third kappa shape index (κ3) is 4.38. The lowest BCUT2D eigenvalue weighted by Gasteiger charge is -2.36. The van der Waals surface area contributed by atoms with Gasteiger partial charge in [-0.25, -0.2) is 4.98 Å². The standard InChI is InChI=1S/C28H32N4O2/c1-20-8-3-4-9-22(20)21-18-24(23-10-5-6-12-26(23)33)29-27(19-21)32-13-7-11-25(32)28(34)31-16-14-30(2)15-17-31/h3-6,8-10,12,18-19,25,33H,7,11,13-17H2,1-2H3/t25-/m0/s1. The molecule has 0 saturated carbocycles. The predicted molar refractivity (Wildman–Crippen MR) is 136 cm³/mol. The molecule has 5 rings (SSSR count). The molecule has 3 heterocycles. The van der Waals surface area contributed by atoms with E-state index in [4.69, 9.17) is 4.98 Å². The number of hydrogen-bond donors (Lipinski definition) is 1. The number of aromatic hydroxyl groups is 1. The number of rotatable bonds is 4. The number of aryl methyl sites for hydroxylation is 1. The zero-order chi connectivity index (χ0) is 23.7. The van der Waals surface area contributed by atoms with Crippen LogP contribution in [-0.4, -0.2) is 71.6 Å². The summed E-state index contributed by atoms with van der Waals surface area (Å²) < 4.78 is 0. The van der Waals surface area contributed by atoms with Crippen molar-refractivity contribution < 1.29 is 9.90 Å². The summed E-state index contributed by atoms with van der Waals surface area (Å²) in [6.45, 7) is 6.28. The van der Waals surface area contributed by atoms with Crippen molar-refractivity contribution in [2.75, 3.05) is 44.7 Å². The van der Waals surface area contributed by atoms with Gasteiger partial charge in [0.2, 0.25) is 5.91 Å². The Morgan fingerprint density at radius 1 is 0.941 bits per heavy atom. The largest absolute Gasteiger partial charge is 0.507 e. The van der Waals surface area contributed by atoms with E-state index < -0.39 is 0 Å². The third-order valence-corrected chi connectivity index (χ3v) is 7.09. The number of likely N-dealkylation sites (N-methyl/N-ethyl adjacent to an activating group) is 1. The highest BCUT2D eigenvalue weighted by molar-refractivity contribution is 5.87. The average molecular weight is 457 g/mol. The van der Waals surface area contributed by atoms with Gasteiger partial charge in [-0.15, -0.1) is 0 Å². The zero-order valence-corrected chi connectivity index (χ0v) is 19.9. The van der Waals surface area contributed by atoms with Crippen molar-refractivity contribution in [3.05, 3.63) is 66.2 Å². The molecular weight excluding hydrogens is 424 g/mol. The molecule has 2 fully saturated rings. The second-order valence-electron chi connectivity index (χ2n) is 9.41. The summed E-state index contributed by atoms with van der Waals surface area (Å²) in [5.41, 5.74) is 4.75. The molecule has 6 nitrogen and oxygen atoms in total. The first-order chi connectivity index (χ1) is 16.5. The highest BCUT2D eigenvalue weighted by atomic mass is 16.3. The molecule has 2 aliphatic rings. The van der Waals surface area contributed by atoms with E-state index in [-0.39, 0.29) is 17.7 Å². The van der Waals surface area contributed by atoms with Gasteiger partial charge in [0.05, 0.1) is 5.69 Å². The second kappa shape index (κ2) is 9.47. The molecule has 176 valence electrons. The Labute approximate surface area is 201 Å². The first kappa shape index (κ1) is 22.4. The lowest BCUT2D eigenvalue weighted by molar-refractivity contribution is -0.134. The normalized spacial score (nSPS) is 18.9. The quantitative estimate of drug-likeness (QED) is 0.639. The molecule has 2 saturated heterocycles. The van der Waals surface area contributed by atoms with Crippen molar-refractivity contribution in [1.29, 1.82) is 0 Å². The molecule has 6 heteroatoms. The molecule has 0 aliphatic carbocycles. The number of hydrogen-bond acceptors (Lipinski definition) is 5. The predicted octanol–water partition coefficient (Wildman–Crippen LogP) is 4.17. The summed E-state index contributed by atoms with van der Waals surface area (Å²) in [4.78, 5) is 24.9. The zero-order valence-electron chi connectivity index (χ0n) is 19.9. The lowest BCUT2D eigenvalue weighted by Crippen LogP contribution is -2.53. The highest BCUT2D eigenvalue weighted by Crippen LogP contribution is 2.36. The van der Waals surface area contributed by atoms with E-state index in [0.29, 0.717) is 11.3 Å². The first-order valence-electron chi connectivity index (χ1n) is 12.1. The molecule has 3 aromatic rings. The highest BCUT2D eigenvalue weighted by Gasteiger charge is 2.35. The molecule has 0 radical (unpaired) electrons. The number of para-hydroxylation sites is 1.